The van der Waals surface area contributed by atoms with Gasteiger partial charge in [0.1, 0.15) is 24.9 Å². The van der Waals surface area contributed by atoms with E-state index < -0.39 is 65.7 Å². The van der Waals surface area contributed by atoms with Crippen LogP contribution < -0.4 is 16.8 Å². The number of hydrazine groups is 1. The van der Waals surface area contributed by atoms with Crippen LogP contribution in [0.3, 0.4) is 0 Å². The smallest absolute Gasteiger partial charge is 0.332 e. The summed E-state index contributed by atoms with van der Waals surface area (Å²) >= 11 is 1.26. The lowest BCUT2D eigenvalue weighted by atomic mass is 9.92. The molecule has 0 unspecified atom stereocenters. The van der Waals surface area contributed by atoms with Crippen molar-refractivity contribution in [2.45, 2.75) is 51.5 Å². The van der Waals surface area contributed by atoms with Gasteiger partial charge in [0.25, 0.3) is 0 Å². The number of rotatable bonds is 8. The van der Waals surface area contributed by atoms with Gasteiger partial charge in [0.2, 0.25) is 11.8 Å². The van der Waals surface area contributed by atoms with Crippen molar-refractivity contribution in [1.82, 2.24) is 30.1 Å². The number of nitrogens with two attached hydrogens (primary N) is 2. The fourth-order valence-electron chi connectivity index (χ4n) is 6.33. The van der Waals surface area contributed by atoms with Gasteiger partial charge in [0.05, 0.1) is 16.8 Å². The molecule has 1 aromatic heterocycles. The Balaban J connectivity index is 1.65. The largest absolute Gasteiger partial charge is 0.375 e. The number of fused-ring (bicyclic) bond motifs is 2. The Morgan fingerprint density at radius 1 is 1.18 bits per heavy atom. The van der Waals surface area contributed by atoms with Crippen molar-refractivity contribution in [2.75, 3.05) is 32.4 Å². The number of thiazole rings is 1. The monoisotopic (exact) mass is 642 g/mol. The topological polar surface area (TPSA) is 141 Å². The Kier molecular flexibility index (Phi) is 8.67. The molecule has 2 fully saturated rings. The Bertz CT molecular complexity index is 1740. The molecule has 4 amide bonds. The SMILES string of the molecule is C#CCN(C(=O)NC)N1CC(=O)N2[C@@H](Cc3c(F)c(F)c(CC)c(CC)c3F)C(=O)N(Cc3cccc4sc(N)nc34)C[C@@]21N. The van der Waals surface area contributed by atoms with Crippen LogP contribution in [0.15, 0.2) is 18.2 Å². The quantitative estimate of drug-likeness (QED) is 0.253. The number of aromatic nitrogens is 1. The van der Waals surface area contributed by atoms with E-state index in [9.17, 15) is 14.4 Å². The summed E-state index contributed by atoms with van der Waals surface area (Å²) in [6.45, 7) is 2.09. The normalized spacial score (nSPS) is 20.1. The highest BCUT2D eigenvalue weighted by Gasteiger charge is 2.60. The zero-order valence-electron chi connectivity index (χ0n) is 25.0. The molecular weight excluding hydrogens is 609 g/mol. The number of carbonyl (C=O) groups is 3. The molecule has 2 saturated heterocycles. The van der Waals surface area contributed by atoms with Crippen LogP contribution in [0.2, 0.25) is 0 Å². The van der Waals surface area contributed by atoms with E-state index in [1.165, 1.54) is 28.3 Å². The minimum Gasteiger partial charge on any atom is -0.375 e. The van der Waals surface area contributed by atoms with Gasteiger partial charge >= 0.3 is 6.03 Å². The van der Waals surface area contributed by atoms with Gasteiger partial charge in [-0.1, -0.05) is 43.2 Å². The van der Waals surface area contributed by atoms with E-state index in [1.807, 2.05) is 6.07 Å². The number of nitrogens with one attached hydrogen (secondary N) is 1. The van der Waals surface area contributed by atoms with Crippen molar-refractivity contribution in [3.63, 3.8) is 0 Å². The van der Waals surface area contributed by atoms with Crippen molar-refractivity contribution in [3.05, 3.63) is 57.9 Å². The number of para-hydroxylation sites is 1. The summed E-state index contributed by atoms with van der Waals surface area (Å²) in [5.74, 6) is -4.49. The van der Waals surface area contributed by atoms with Gasteiger partial charge in [-0.3, -0.25) is 20.2 Å². The second-order valence-corrected chi connectivity index (χ2v) is 11.9. The highest BCUT2D eigenvalue weighted by molar-refractivity contribution is 7.22. The van der Waals surface area contributed by atoms with Crippen molar-refractivity contribution < 1.29 is 27.6 Å². The van der Waals surface area contributed by atoms with Crippen LogP contribution in [-0.4, -0.2) is 81.2 Å². The number of nitrogens with zero attached hydrogens (tertiary/aromatic N) is 5. The highest BCUT2D eigenvalue weighted by atomic mass is 32.1. The molecule has 238 valence electrons. The molecule has 11 nitrogen and oxygen atoms in total. The second-order valence-electron chi connectivity index (χ2n) is 10.8. The number of hydrogen-bond donors (Lipinski definition) is 3. The van der Waals surface area contributed by atoms with E-state index >= 15 is 13.2 Å². The first-order valence-electron chi connectivity index (χ1n) is 14.3. The predicted molar refractivity (Wildman–Crippen MR) is 162 cm³/mol. The molecule has 2 aliphatic heterocycles. The van der Waals surface area contributed by atoms with E-state index in [4.69, 9.17) is 17.9 Å². The van der Waals surface area contributed by atoms with Gasteiger partial charge in [0.15, 0.2) is 22.6 Å². The molecule has 45 heavy (non-hydrogen) atoms. The first-order valence-corrected chi connectivity index (χ1v) is 15.1. The van der Waals surface area contributed by atoms with Crippen LogP contribution in [-0.2, 0) is 35.4 Å². The number of terminal acetylenes is 1. The van der Waals surface area contributed by atoms with Crippen molar-refractivity contribution >= 4 is 44.5 Å². The summed E-state index contributed by atoms with van der Waals surface area (Å²) in [5, 5.41) is 5.09. The van der Waals surface area contributed by atoms with Gasteiger partial charge in [-0.15, -0.1) is 6.42 Å². The maximum Gasteiger partial charge on any atom is 0.332 e. The van der Waals surface area contributed by atoms with Gasteiger partial charge < -0.3 is 16.0 Å². The third kappa shape index (κ3) is 5.22. The number of anilines is 1. The molecule has 3 heterocycles. The fraction of sp³-hybridized carbons (Fsp3) is 0.400. The minimum atomic E-state index is -1.88. The first kappa shape index (κ1) is 32.0. The Morgan fingerprint density at radius 3 is 2.49 bits per heavy atom. The number of halogens is 3. The molecule has 0 saturated carbocycles. The molecule has 3 aromatic rings. The van der Waals surface area contributed by atoms with E-state index in [0.717, 1.165) is 14.6 Å². The third-order valence-electron chi connectivity index (χ3n) is 8.33. The van der Waals surface area contributed by atoms with E-state index in [-0.39, 0.29) is 43.6 Å². The molecular formula is C30H33F3N8O3S. The summed E-state index contributed by atoms with van der Waals surface area (Å²) < 4.78 is 47.4. The number of piperazine rings is 1. The first-order chi connectivity index (χ1) is 21.4. The molecule has 0 spiro atoms. The number of benzene rings is 2. The van der Waals surface area contributed by atoms with Gasteiger partial charge in [0, 0.05) is 25.6 Å². The maximum atomic E-state index is 15.9. The van der Waals surface area contributed by atoms with Crippen LogP contribution in [0.1, 0.15) is 36.1 Å². The molecule has 2 aromatic carbocycles. The second kappa shape index (κ2) is 12.2. The molecule has 0 bridgehead atoms. The van der Waals surface area contributed by atoms with Gasteiger partial charge in [-0.25, -0.2) is 28.0 Å². The Morgan fingerprint density at radius 2 is 1.84 bits per heavy atom. The number of hydrogen-bond acceptors (Lipinski definition) is 8. The fourth-order valence-corrected chi connectivity index (χ4v) is 7.11. The predicted octanol–water partition coefficient (Wildman–Crippen LogP) is 2.32. The standard InChI is InChI=1S/C30H33F3N8O3S/c1-5-11-39(29(44)36-4)40-14-22(42)41-20(12-19-23(31)17(6-2)18(7-3)24(32)25(19)33)27(43)38(15-30(40,41)35)13-16-9-8-10-21-26(16)37-28(34)45-21/h1,8-10,20H,6-7,11-15,35H2,2-4H3,(H2,34,37)(H,36,44)/t20-,30-/m0/s1. The van der Waals surface area contributed by atoms with E-state index in [0.29, 0.717) is 16.2 Å². The van der Waals surface area contributed by atoms with Crippen molar-refractivity contribution in [1.29, 1.82) is 0 Å². The Labute approximate surface area is 261 Å². The van der Waals surface area contributed by atoms with Crippen LogP contribution >= 0.6 is 11.3 Å². The molecule has 2 aliphatic rings. The molecule has 5 rings (SSSR count). The van der Waals surface area contributed by atoms with Crippen LogP contribution in [0.25, 0.3) is 10.2 Å². The molecule has 2 atom stereocenters. The summed E-state index contributed by atoms with van der Waals surface area (Å²) in [7, 11) is 1.37. The van der Waals surface area contributed by atoms with Crippen LogP contribution in [0.5, 0.6) is 0 Å². The van der Waals surface area contributed by atoms with E-state index in [2.05, 4.69) is 16.2 Å². The highest BCUT2D eigenvalue weighted by Crippen LogP contribution is 2.37. The number of nitrogen functional groups attached to an aromatic ring is 1. The van der Waals surface area contributed by atoms with E-state index in [1.54, 1.807) is 26.0 Å². The van der Waals surface area contributed by atoms with Crippen LogP contribution in [0, 0.1) is 29.8 Å². The number of urea groups is 1. The molecule has 15 heteroatoms. The molecule has 0 aliphatic carbocycles. The summed E-state index contributed by atoms with van der Waals surface area (Å²) in [5.41, 5.74) is 13.3. The number of carbonyl (C=O) groups excluding carboxylic acids is 3. The lowest BCUT2D eigenvalue weighted by molar-refractivity contribution is -0.176. The van der Waals surface area contributed by atoms with Crippen LogP contribution in [0.4, 0.5) is 23.1 Å². The summed E-state index contributed by atoms with van der Waals surface area (Å²) in [6, 6.07) is 3.12. The molecule has 5 N–H and O–H groups in total. The van der Waals surface area contributed by atoms with Crippen molar-refractivity contribution in [3.8, 4) is 12.3 Å². The average Bonchev–Trinajstić information content (AvgIpc) is 3.52. The lowest BCUT2D eigenvalue weighted by Gasteiger charge is -2.52. The van der Waals surface area contributed by atoms with Gasteiger partial charge in [-0.05, 0) is 35.6 Å². The minimum absolute atomic E-state index is 0.00693. The average molecular weight is 643 g/mol. The Hall–Kier alpha value is -4.39. The van der Waals surface area contributed by atoms with Gasteiger partial charge in [-0.2, -0.15) is 5.01 Å². The van der Waals surface area contributed by atoms with Crippen molar-refractivity contribution in [2.24, 2.45) is 5.73 Å². The number of amides is 4. The third-order valence-corrected chi connectivity index (χ3v) is 9.18. The summed E-state index contributed by atoms with van der Waals surface area (Å²) in [4.78, 5) is 47.5. The maximum absolute atomic E-state index is 15.9. The molecule has 0 radical (unpaired) electrons. The summed E-state index contributed by atoms with van der Waals surface area (Å²) in [6.07, 6.45) is 4.96. The zero-order chi connectivity index (χ0) is 32.8. The zero-order valence-corrected chi connectivity index (χ0v) is 25.8. The lowest BCUT2D eigenvalue weighted by Crippen LogP contribution is -2.77.